The molecule has 1 atom stereocenters. The molecule has 24 heavy (non-hydrogen) atoms. The second-order valence-electron chi connectivity index (χ2n) is 4.91. The summed E-state index contributed by atoms with van der Waals surface area (Å²) in [5.41, 5.74) is -2.53. The molecule has 0 radical (unpaired) electrons. The van der Waals surface area contributed by atoms with Gasteiger partial charge in [0.2, 0.25) is 0 Å². The van der Waals surface area contributed by atoms with Crippen molar-refractivity contribution < 1.29 is 23.1 Å². The zero-order valence-electron chi connectivity index (χ0n) is 12.6. The number of carbonyl (C=O) groups excluding carboxylic acids is 1. The molecule has 2 rings (SSSR count). The Bertz CT molecular complexity index is 722. The number of nitrogens with zero attached hydrogens (tertiary/aromatic N) is 2. The van der Waals surface area contributed by atoms with E-state index in [2.05, 4.69) is 41.8 Å². The number of halogens is 5. The molecule has 0 spiro atoms. The van der Waals surface area contributed by atoms with Gasteiger partial charge in [-0.15, -0.1) is 0 Å². The molecule has 0 aromatic carbocycles. The highest BCUT2D eigenvalue weighted by atomic mass is 79.9. The van der Waals surface area contributed by atoms with Crippen molar-refractivity contribution in [2.45, 2.75) is 25.6 Å². The van der Waals surface area contributed by atoms with E-state index in [4.69, 9.17) is 0 Å². The van der Waals surface area contributed by atoms with Crippen molar-refractivity contribution >= 4 is 37.6 Å². The van der Waals surface area contributed by atoms with Gasteiger partial charge in [-0.05, 0) is 57.8 Å². The first-order valence-corrected chi connectivity index (χ1v) is 8.05. The predicted molar refractivity (Wildman–Crippen MR) is 89.5 cm³/mol. The zero-order chi connectivity index (χ0) is 18.5. The van der Waals surface area contributed by atoms with Crippen molar-refractivity contribution in [3.63, 3.8) is 0 Å². The molecule has 130 valence electrons. The van der Waals surface area contributed by atoms with E-state index in [1.165, 1.54) is 19.2 Å². The van der Waals surface area contributed by atoms with E-state index in [-0.39, 0.29) is 11.3 Å². The number of hydrogen-bond acceptors (Lipinski definition) is 4. The summed E-state index contributed by atoms with van der Waals surface area (Å²) in [6.07, 6.45) is 0.809. The van der Waals surface area contributed by atoms with E-state index in [9.17, 15) is 23.1 Å². The number of rotatable bonds is 2. The van der Waals surface area contributed by atoms with Gasteiger partial charge in [0, 0.05) is 44.9 Å². The third-order valence-corrected chi connectivity index (χ3v) is 3.80. The summed E-state index contributed by atoms with van der Waals surface area (Å²) in [7, 11) is 0. The number of pyridine rings is 2. The number of alkyl halides is 3. The third kappa shape index (κ3) is 5.64. The van der Waals surface area contributed by atoms with Crippen molar-refractivity contribution in [3.05, 3.63) is 57.0 Å². The van der Waals surface area contributed by atoms with Crippen LogP contribution in [0.4, 0.5) is 13.2 Å². The summed E-state index contributed by atoms with van der Waals surface area (Å²) < 4.78 is 38.3. The number of carbonyl (C=O) groups is 1. The van der Waals surface area contributed by atoms with Crippen LogP contribution < -0.4 is 0 Å². The first-order valence-electron chi connectivity index (χ1n) is 6.46. The molecule has 2 aromatic heterocycles. The summed E-state index contributed by atoms with van der Waals surface area (Å²) in [6, 6.07) is 2.93. The molecule has 9 heteroatoms. The highest BCUT2D eigenvalue weighted by Crippen LogP contribution is 2.38. The van der Waals surface area contributed by atoms with Crippen LogP contribution in [0.25, 0.3) is 0 Å². The van der Waals surface area contributed by atoms with Gasteiger partial charge < -0.3 is 5.11 Å². The molecule has 0 aliphatic heterocycles. The van der Waals surface area contributed by atoms with Gasteiger partial charge in [0.05, 0.1) is 0 Å². The van der Waals surface area contributed by atoms with E-state index in [1.807, 2.05) is 0 Å². The standard InChI is InChI=1S/C8H7BrF3NO.C7H6BrNO/c1-7(14,8(10,11)12)5-2-6(9)4-13-3-5;1-5(10)6-2-7(8)4-9-3-6/h2-4,14H,1H3;2-4H,1H3. The van der Waals surface area contributed by atoms with Crippen LogP contribution in [0.1, 0.15) is 29.8 Å². The fraction of sp³-hybridized carbons (Fsp3) is 0.267. The van der Waals surface area contributed by atoms with Crippen LogP contribution in [0, 0.1) is 0 Å². The minimum absolute atomic E-state index is 0.0359. The van der Waals surface area contributed by atoms with Crippen LogP contribution in [0.3, 0.4) is 0 Å². The topological polar surface area (TPSA) is 63.1 Å². The van der Waals surface area contributed by atoms with Crippen molar-refractivity contribution in [1.29, 1.82) is 0 Å². The fourth-order valence-corrected chi connectivity index (χ4v) is 2.18. The van der Waals surface area contributed by atoms with Gasteiger partial charge in [0.15, 0.2) is 11.4 Å². The number of aliphatic hydroxyl groups is 1. The van der Waals surface area contributed by atoms with Crippen molar-refractivity contribution in [2.75, 3.05) is 0 Å². The molecule has 0 amide bonds. The van der Waals surface area contributed by atoms with Crippen molar-refractivity contribution in [2.24, 2.45) is 0 Å². The summed E-state index contributed by atoms with van der Waals surface area (Å²) in [5, 5.41) is 9.26. The Morgan fingerprint density at radius 2 is 1.54 bits per heavy atom. The van der Waals surface area contributed by atoms with Crippen LogP contribution in [-0.2, 0) is 5.60 Å². The minimum atomic E-state index is -4.71. The van der Waals surface area contributed by atoms with Crippen molar-refractivity contribution in [1.82, 2.24) is 9.97 Å². The second-order valence-corrected chi connectivity index (χ2v) is 6.74. The monoisotopic (exact) mass is 468 g/mol. The van der Waals surface area contributed by atoms with Crippen LogP contribution in [-0.4, -0.2) is 27.0 Å². The van der Waals surface area contributed by atoms with E-state index in [1.54, 1.807) is 18.5 Å². The molecule has 0 aliphatic carbocycles. The van der Waals surface area contributed by atoms with E-state index in [0.717, 1.165) is 10.7 Å². The molecule has 0 bridgehead atoms. The van der Waals surface area contributed by atoms with E-state index >= 15 is 0 Å². The largest absolute Gasteiger partial charge is 0.421 e. The van der Waals surface area contributed by atoms with E-state index < -0.39 is 11.8 Å². The molecule has 0 saturated carbocycles. The lowest BCUT2D eigenvalue weighted by atomic mass is 9.97. The molecule has 2 aromatic rings. The molecule has 2 heterocycles. The summed E-state index contributed by atoms with van der Waals surface area (Å²) in [6.45, 7) is 2.21. The number of ketones is 1. The lowest BCUT2D eigenvalue weighted by molar-refractivity contribution is -0.259. The Morgan fingerprint density at radius 1 is 1.04 bits per heavy atom. The maximum Gasteiger partial charge on any atom is 0.421 e. The van der Waals surface area contributed by atoms with Crippen LogP contribution in [0.15, 0.2) is 45.9 Å². The van der Waals surface area contributed by atoms with Gasteiger partial charge >= 0.3 is 6.18 Å². The van der Waals surface area contributed by atoms with Crippen LogP contribution in [0.2, 0.25) is 0 Å². The number of aromatic nitrogens is 2. The van der Waals surface area contributed by atoms with Gasteiger partial charge in [-0.25, -0.2) is 0 Å². The maximum atomic E-state index is 12.4. The first-order chi connectivity index (χ1) is 10.9. The van der Waals surface area contributed by atoms with Gasteiger partial charge in [0.25, 0.3) is 0 Å². The number of hydrogen-bond donors (Lipinski definition) is 1. The summed E-state index contributed by atoms with van der Waals surface area (Å²) in [5.74, 6) is 0.0359. The Balaban J connectivity index is 0.000000254. The van der Waals surface area contributed by atoms with Gasteiger partial charge in [-0.3, -0.25) is 14.8 Å². The highest BCUT2D eigenvalue weighted by Gasteiger charge is 2.51. The Morgan fingerprint density at radius 3 is 1.92 bits per heavy atom. The lowest BCUT2D eigenvalue weighted by Gasteiger charge is -2.26. The van der Waals surface area contributed by atoms with Gasteiger partial charge in [-0.1, -0.05) is 0 Å². The average Bonchev–Trinajstić information content (AvgIpc) is 2.46. The molecule has 0 aliphatic rings. The fourth-order valence-electron chi connectivity index (χ4n) is 1.45. The maximum absolute atomic E-state index is 12.4. The van der Waals surface area contributed by atoms with Crippen molar-refractivity contribution in [3.8, 4) is 0 Å². The molecular weight excluding hydrogens is 457 g/mol. The Hall–Kier alpha value is -1.32. The summed E-state index contributed by atoms with van der Waals surface area (Å²) in [4.78, 5) is 18.1. The van der Waals surface area contributed by atoms with Gasteiger partial charge in [0.1, 0.15) is 0 Å². The molecule has 4 nitrogen and oxygen atoms in total. The zero-order valence-corrected chi connectivity index (χ0v) is 15.8. The smallest absolute Gasteiger partial charge is 0.376 e. The molecule has 1 unspecified atom stereocenters. The minimum Gasteiger partial charge on any atom is -0.376 e. The Kier molecular flexibility index (Phi) is 7.06. The molecular formula is C15H13Br2F3N2O2. The normalized spacial score (nSPS) is 13.5. The lowest BCUT2D eigenvalue weighted by Crippen LogP contribution is -2.39. The SMILES string of the molecule is CC(=O)c1cncc(Br)c1.CC(O)(c1cncc(Br)c1)C(F)(F)F. The quantitative estimate of drug-likeness (QED) is 0.649. The van der Waals surface area contributed by atoms with E-state index in [0.29, 0.717) is 17.0 Å². The average molecular weight is 470 g/mol. The van der Waals surface area contributed by atoms with Gasteiger partial charge in [-0.2, -0.15) is 13.2 Å². The molecule has 1 N–H and O–H groups in total. The summed E-state index contributed by atoms with van der Waals surface area (Å²) >= 11 is 6.20. The van der Waals surface area contributed by atoms with Crippen LogP contribution >= 0.6 is 31.9 Å². The first kappa shape index (κ1) is 20.7. The Labute approximate surface area is 153 Å². The van der Waals surface area contributed by atoms with Crippen LogP contribution in [0.5, 0.6) is 0 Å². The second kappa shape index (κ2) is 8.17. The number of Topliss-reactive ketones (excluding diaryl/α,β-unsaturated/α-hetero) is 1. The third-order valence-electron chi connectivity index (χ3n) is 2.93. The molecule has 0 fully saturated rings. The predicted octanol–water partition coefficient (Wildman–Crippen LogP) is 4.66. The highest BCUT2D eigenvalue weighted by molar-refractivity contribution is 9.10. The molecule has 0 saturated heterocycles.